The van der Waals surface area contributed by atoms with E-state index in [4.69, 9.17) is 5.11 Å². The van der Waals surface area contributed by atoms with Gasteiger partial charge in [-0.15, -0.1) is 0 Å². The van der Waals surface area contributed by atoms with Crippen LogP contribution in [0, 0.1) is 0 Å². The van der Waals surface area contributed by atoms with Gasteiger partial charge < -0.3 is 9.84 Å². The number of halogens is 1. The van der Waals surface area contributed by atoms with Crippen LogP contribution in [0.1, 0.15) is 0 Å². The summed E-state index contributed by atoms with van der Waals surface area (Å²) < 4.78 is 4.59. The normalized spacial score (nSPS) is 12.9. The van der Waals surface area contributed by atoms with Crippen molar-refractivity contribution in [2.24, 2.45) is 0 Å². The van der Waals surface area contributed by atoms with Crippen molar-refractivity contribution in [3.63, 3.8) is 0 Å². The molecule has 0 amide bonds. The number of esters is 1. The first-order chi connectivity index (χ1) is 3.72. The Hall–Kier alpha value is 0.160. The molecule has 0 bridgehead atoms. The molecule has 0 fully saturated rings. The van der Waals surface area contributed by atoms with Crippen LogP contribution in [0.5, 0.6) is 0 Å². The van der Waals surface area contributed by atoms with E-state index in [9.17, 15) is 4.79 Å². The molecule has 0 aromatic rings. The second kappa shape index (κ2) is 4.08. The van der Waals surface area contributed by atoms with Crippen molar-refractivity contribution in [1.82, 2.24) is 0 Å². The molecule has 1 unspecified atom stereocenters. The Morgan fingerprint density at radius 2 is 2.50 bits per heavy atom. The Kier molecular flexibility index (Phi) is 4.16. The van der Waals surface area contributed by atoms with Gasteiger partial charge in [-0.1, -0.05) is 22.6 Å². The minimum Gasteiger partial charge on any atom is -0.467 e. The first-order valence-corrected chi connectivity index (χ1v) is 3.56. The van der Waals surface area contributed by atoms with E-state index in [1.54, 1.807) is 0 Å². The number of carbonyl (C=O) groups is 1. The Morgan fingerprint density at radius 3 is 2.62 bits per heavy atom. The number of aliphatic hydroxyl groups is 1. The first-order valence-electron chi connectivity index (χ1n) is 2.04. The summed E-state index contributed by atoms with van der Waals surface area (Å²) in [4.78, 5) is 10.3. The van der Waals surface area contributed by atoms with E-state index in [0.29, 0.717) is 4.43 Å². The van der Waals surface area contributed by atoms with Gasteiger partial charge in [-0.2, -0.15) is 0 Å². The van der Waals surface area contributed by atoms with E-state index in [1.165, 1.54) is 7.11 Å². The van der Waals surface area contributed by atoms with Crippen molar-refractivity contribution in [1.29, 1.82) is 0 Å². The average molecular weight is 230 g/mol. The number of hydrogen-bond acceptors (Lipinski definition) is 3. The minimum atomic E-state index is -0.958. The van der Waals surface area contributed by atoms with Gasteiger partial charge in [0.1, 0.15) is 0 Å². The van der Waals surface area contributed by atoms with Crippen molar-refractivity contribution in [3.05, 3.63) is 0 Å². The predicted molar refractivity (Wildman–Crippen MR) is 36.9 cm³/mol. The molecule has 0 saturated carbocycles. The fourth-order valence-corrected chi connectivity index (χ4v) is 0.559. The zero-order chi connectivity index (χ0) is 6.57. The number of ether oxygens (including phenoxy) is 1. The summed E-state index contributed by atoms with van der Waals surface area (Å²) in [7, 11) is 1.25. The Labute approximate surface area is 61.2 Å². The van der Waals surface area contributed by atoms with Crippen molar-refractivity contribution in [3.8, 4) is 0 Å². The van der Waals surface area contributed by atoms with Crippen LogP contribution in [0.4, 0.5) is 0 Å². The molecule has 0 radical (unpaired) electrons. The second-order valence-electron chi connectivity index (χ2n) is 1.19. The molecule has 0 spiro atoms. The highest BCUT2D eigenvalue weighted by atomic mass is 127. The summed E-state index contributed by atoms with van der Waals surface area (Å²) in [5, 5.41) is 8.64. The molecule has 1 N–H and O–H groups in total. The lowest BCUT2D eigenvalue weighted by Gasteiger charge is -2.01. The smallest absolute Gasteiger partial charge is 0.335 e. The van der Waals surface area contributed by atoms with Crippen LogP contribution in [-0.2, 0) is 9.53 Å². The van der Waals surface area contributed by atoms with E-state index < -0.39 is 12.1 Å². The van der Waals surface area contributed by atoms with Crippen molar-refractivity contribution < 1.29 is 14.6 Å². The maximum atomic E-state index is 10.3. The van der Waals surface area contributed by atoms with Gasteiger partial charge in [0.05, 0.1) is 7.11 Å². The molecule has 0 aliphatic carbocycles. The molecule has 0 aliphatic rings. The van der Waals surface area contributed by atoms with Crippen LogP contribution in [0.2, 0.25) is 0 Å². The summed E-state index contributed by atoms with van der Waals surface area (Å²) in [5.74, 6) is -0.570. The molecule has 0 aromatic carbocycles. The van der Waals surface area contributed by atoms with Crippen LogP contribution in [0.15, 0.2) is 0 Å². The number of carbonyl (C=O) groups excluding carboxylic acids is 1. The van der Waals surface area contributed by atoms with E-state index in [2.05, 4.69) is 4.74 Å². The van der Waals surface area contributed by atoms with Crippen molar-refractivity contribution in [2.45, 2.75) is 6.10 Å². The van der Waals surface area contributed by atoms with Crippen LogP contribution in [0.25, 0.3) is 0 Å². The average Bonchev–Trinajstić information content (AvgIpc) is 1.84. The Balaban J connectivity index is 3.46. The fourth-order valence-electron chi connectivity index (χ4n) is 0.199. The minimum absolute atomic E-state index is 0.379. The lowest BCUT2D eigenvalue weighted by Crippen LogP contribution is -2.22. The van der Waals surface area contributed by atoms with Crippen LogP contribution in [-0.4, -0.2) is 28.7 Å². The molecule has 1 atom stereocenters. The van der Waals surface area contributed by atoms with Gasteiger partial charge in [-0.25, -0.2) is 4.79 Å². The molecular formula is C4H7IO3. The highest BCUT2D eigenvalue weighted by Crippen LogP contribution is 1.91. The molecule has 48 valence electrons. The van der Waals surface area contributed by atoms with Gasteiger partial charge in [0.2, 0.25) is 0 Å². The Morgan fingerprint density at radius 1 is 2.00 bits per heavy atom. The fraction of sp³-hybridized carbons (Fsp3) is 0.750. The topological polar surface area (TPSA) is 46.5 Å². The zero-order valence-electron chi connectivity index (χ0n) is 4.43. The molecule has 4 heteroatoms. The molecule has 8 heavy (non-hydrogen) atoms. The molecule has 0 rings (SSSR count). The molecule has 3 nitrogen and oxygen atoms in total. The third kappa shape index (κ3) is 2.46. The molecule has 0 aromatic heterocycles. The van der Waals surface area contributed by atoms with E-state index in [1.807, 2.05) is 22.6 Å². The maximum Gasteiger partial charge on any atom is 0.335 e. The lowest BCUT2D eigenvalue weighted by molar-refractivity contribution is -0.148. The van der Waals surface area contributed by atoms with Gasteiger partial charge in [0.15, 0.2) is 6.10 Å². The number of alkyl halides is 1. The molecule has 0 saturated heterocycles. The standard InChI is InChI=1S/C4H7IO3/c1-8-4(7)3(6)2-5/h3,6H,2H2,1H3. The number of rotatable bonds is 2. The van der Waals surface area contributed by atoms with E-state index in [-0.39, 0.29) is 0 Å². The highest BCUT2D eigenvalue weighted by Gasteiger charge is 2.11. The summed E-state index contributed by atoms with van der Waals surface area (Å²) in [6.45, 7) is 0. The number of hydrogen-bond donors (Lipinski definition) is 1. The quantitative estimate of drug-likeness (QED) is 0.411. The maximum absolute atomic E-state index is 10.3. The summed E-state index contributed by atoms with van der Waals surface area (Å²) in [6, 6.07) is 0. The van der Waals surface area contributed by atoms with Crippen LogP contribution in [0.3, 0.4) is 0 Å². The summed E-state index contributed by atoms with van der Waals surface area (Å²) in [6.07, 6.45) is -0.958. The van der Waals surface area contributed by atoms with Gasteiger partial charge in [-0.05, 0) is 0 Å². The van der Waals surface area contributed by atoms with E-state index >= 15 is 0 Å². The van der Waals surface area contributed by atoms with Crippen LogP contribution >= 0.6 is 22.6 Å². The SMILES string of the molecule is COC(=O)C(O)CI. The first kappa shape index (κ1) is 8.16. The largest absolute Gasteiger partial charge is 0.467 e. The summed E-state index contributed by atoms with van der Waals surface area (Å²) in [5.41, 5.74) is 0. The third-order valence-electron chi connectivity index (χ3n) is 0.619. The monoisotopic (exact) mass is 230 g/mol. The number of methoxy groups -OCH3 is 1. The van der Waals surface area contributed by atoms with Crippen molar-refractivity contribution >= 4 is 28.6 Å². The summed E-state index contributed by atoms with van der Waals surface area (Å²) >= 11 is 1.90. The van der Waals surface area contributed by atoms with E-state index in [0.717, 1.165) is 0 Å². The van der Waals surface area contributed by atoms with Gasteiger partial charge in [0, 0.05) is 4.43 Å². The second-order valence-corrected chi connectivity index (χ2v) is 2.07. The molecule has 0 aliphatic heterocycles. The molecular weight excluding hydrogens is 223 g/mol. The highest BCUT2D eigenvalue weighted by molar-refractivity contribution is 14.1. The lowest BCUT2D eigenvalue weighted by atomic mass is 10.4. The zero-order valence-corrected chi connectivity index (χ0v) is 6.58. The van der Waals surface area contributed by atoms with Crippen molar-refractivity contribution in [2.75, 3.05) is 11.5 Å². The van der Waals surface area contributed by atoms with Crippen LogP contribution < -0.4 is 0 Å². The van der Waals surface area contributed by atoms with Gasteiger partial charge in [-0.3, -0.25) is 0 Å². The predicted octanol–water partition coefficient (Wildman–Crippen LogP) is -0.0447. The van der Waals surface area contributed by atoms with Gasteiger partial charge >= 0.3 is 5.97 Å². The molecule has 0 heterocycles. The van der Waals surface area contributed by atoms with Gasteiger partial charge in [0.25, 0.3) is 0 Å². The number of aliphatic hydroxyl groups excluding tert-OH is 1. The Bertz CT molecular complexity index is 83.4. The third-order valence-corrected chi connectivity index (χ3v) is 1.45.